The first kappa shape index (κ1) is 32.7. The Morgan fingerprint density at radius 1 is 1.15 bits per heavy atom. The van der Waals surface area contributed by atoms with Crippen LogP contribution in [0.3, 0.4) is 0 Å². The van der Waals surface area contributed by atoms with Crippen LogP contribution in [0.25, 0.3) is 0 Å². The Balaban J connectivity index is 2.18. The number of likely N-dealkylation sites (tertiary alicyclic amines) is 1. The molecule has 1 aliphatic heterocycles. The number of benzene rings is 1. The quantitative estimate of drug-likeness (QED) is 0.345. The minimum atomic E-state index is -1.25. The molecule has 1 aliphatic rings. The highest BCUT2D eigenvalue weighted by molar-refractivity contribution is 5.85. The van der Waals surface area contributed by atoms with Crippen molar-refractivity contribution in [2.75, 3.05) is 34.9 Å². The fourth-order valence-electron chi connectivity index (χ4n) is 5.69. The molecule has 2 rings (SSSR count). The van der Waals surface area contributed by atoms with Gasteiger partial charge in [0, 0.05) is 33.1 Å². The average Bonchev–Trinajstić information content (AvgIpc) is 3.29. The number of carboxylic acid groups (broad SMARTS) is 1. The molecule has 9 nitrogen and oxygen atoms in total. The topological polar surface area (TPSA) is 108 Å². The second kappa shape index (κ2) is 15.3. The number of halogens is 1. The van der Waals surface area contributed by atoms with Gasteiger partial charge in [-0.2, -0.15) is 0 Å². The van der Waals surface area contributed by atoms with Gasteiger partial charge in [0.1, 0.15) is 12.2 Å². The fourth-order valence-corrected chi connectivity index (χ4v) is 5.69. The molecule has 1 aromatic rings. The molecule has 2 N–H and O–H groups in total. The average molecular weight is 552 g/mol. The molecule has 0 bridgehead atoms. The second-order valence-corrected chi connectivity index (χ2v) is 10.8. The number of nitrogens with zero attached hydrogens (tertiary/aromatic N) is 2. The van der Waals surface area contributed by atoms with Crippen LogP contribution in [-0.2, 0) is 30.3 Å². The number of hydrogen-bond acceptors (Lipinski definition) is 6. The molecular weight excluding hydrogens is 505 g/mol. The largest absolute Gasteiger partial charge is 0.480 e. The van der Waals surface area contributed by atoms with Crippen molar-refractivity contribution in [1.82, 2.24) is 15.1 Å². The molecule has 0 aliphatic carbocycles. The lowest BCUT2D eigenvalue weighted by molar-refractivity contribution is -0.145. The Morgan fingerprint density at radius 3 is 2.31 bits per heavy atom. The van der Waals surface area contributed by atoms with Crippen LogP contribution in [0.2, 0.25) is 0 Å². The van der Waals surface area contributed by atoms with Gasteiger partial charge >= 0.3 is 5.97 Å². The van der Waals surface area contributed by atoms with Crippen molar-refractivity contribution < 1.29 is 33.4 Å². The van der Waals surface area contributed by atoms with Crippen molar-refractivity contribution in [1.29, 1.82) is 0 Å². The van der Waals surface area contributed by atoms with E-state index in [0.29, 0.717) is 0 Å². The predicted molar refractivity (Wildman–Crippen MR) is 147 cm³/mol. The van der Waals surface area contributed by atoms with Gasteiger partial charge in [-0.1, -0.05) is 57.5 Å². The van der Waals surface area contributed by atoms with Crippen LogP contribution in [0.4, 0.5) is 4.39 Å². The van der Waals surface area contributed by atoms with Crippen molar-refractivity contribution in [3.8, 4) is 0 Å². The fraction of sp³-hybridized carbons (Fsp3) is 0.690. The summed E-state index contributed by atoms with van der Waals surface area (Å²) < 4.78 is 26.1. The summed E-state index contributed by atoms with van der Waals surface area (Å²) in [4.78, 5) is 42.1. The predicted octanol–water partition coefficient (Wildman–Crippen LogP) is 2.77. The Kier molecular flexibility index (Phi) is 12.8. The number of rotatable bonds is 15. The number of aliphatic carboxylic acids is 1. The van der Waals surface area contributed by atoms with E-state index in [9.17, 15) is 23.9 Å². The van der Waals surface area contributed by atoms with E-state index in [-0.39, 0.29) is 43.7 Å². The van der Waals surface area contributed by atoms with Crippen molar-refractivity contribution in [3.63, 3.8) is 0 Å². The van der Waals surface area contributed by atoms with E-state index in [1.807, 2.05) is 25.1 Å². The number of ether oxygens (including phenoxy) is 2. The van der Waals surface area contributed by atoms with Crippen LogP contribution < -0.4 is 5.32 Å². The molecule has 1 unspecified atom stereocenters. The van der Waals surface area contributed by atoms with E-state index >= 15 is 0 Å². The van der Waals surface area contributed by atoms with Gasteiger partial charge in [0.05, 0.1) is 37.1 Å². The number of carbonyl (C=O) groups excluding carboxylic acids is 2. The molecule has 220 valence electrons. The third-order valence-corrected chi connectivity index (χ3v) is 7.95. The van der Waals surface area contributed by atoms with E-state index in [1.165, 1.54) is 12.0 Å². The van der Waals surface area contributed by atoms with Gasteiger partial charge in [-0.05, 0) is 25.6 Å². The lowest BCUT2D eigenvalue weighted by atomic mass is 9.90. The van der Waals surface area contributed by atoms with Gasteiger partial charge in [-0.15, -0.1) is 0 Å². The Labute approximate surface area is 232 Å². The molecule has 1 saturated heterocycles. The van der Waals surface area contributed by atoms with Gasteiger partial charge in [0.2, 0.25) is 11.8 Å². The maximum Gasteiger partial charge on any atom is 0.326 e. The van der Waals surface area contributed by atoms with E-state index < -0.39 is 48.3 Å². The summed E-state index contributed by atoms with van der Waals surface area (Å²) in [5, 5.41) is 12.3. The third kappa shape index (κ3) is 8.71. The molecule has 8 atom stereocenters. The Bertz CT molecular complexity index is 933. The summed E-state index contributed by atoms with van der Waals surface area (Å²) >= 11 is 0. The van der Waals surface area contributed by atoms with Crippen LogP contribution in [0.15, 0.2) is 30.3 Å². The number of methoxy groups -OCH3 is 2. The van der Waals surface area contributed by atoms with Gasteiger partial charge < -0.3 is 29.7 Å². The van der Waals surface area contributed by atoms with Gasteiger partial charge in [-0.3, -0.25) is 9.59 Å². The number of hydrogen-bond donors (Lipinski definition) is 2. The zero-order chi connectivity index (χ0) is 29.3. The van der Waals surface area contributed by atoms with Crippen LogP contribution in [0.1, 0.15) is 45.6 Å². The highest BCUT2D eigenvalue weighted by Gasteiger charge is 2.45. The number of carbonyl (C=O) groups is 3. The highest BCUT2D eigenvalue weighted by atomic mass is 19.1. The Hall–Kier alpha value is -2.56. The Morgan fingerprint density at radius 2 is 1.79 bits per heavy atom. The van der Waals surface area contributed by atoms with E-state index in [0.717, 1.165) is 12.0 Å². The highest BCUT2D eigenvalue weighted by Crippen LogP contribution is 2.30. The van der Waals surface area contributed by atoms with Crippen molar-refractivity contribution in [3.05, 3.63) is 35.9 Å². The van der Waals surface area contributed by atoms with Crippen LogP contribution in [0, 0.1) is 11.8 Å². The number of carboxylic acids is 1. The maximum atomic E-state index is 14.7. The molecule has 2 amide bonds. The third-order valence-electron chi connectivity index (χ3n) is 7.95. The van der Waals surface area contributed by atoms with E-state index in [2.05, 4.69) is 19.2 Å². The molecule has 39 heavy (non-hydrogen) atoms. The summed E-state index contributed by atoms with van der Waals surface area (Å²) in [6, 6.07) is 7.20. The first-order chi connectivity index (χ1) is 18.4. The number of alkyl halides is 1. The van der Waals surface area contributed by atoms with E-state index in [1.54, 1.807) is 38.3 Å². The molecule has 1 aromatic carbocycles. The molecular formula is C29H46FN3O6. The van der Waals surface area contributed by atoms with Crippen molar-refractivity contribution >= 4 is 17.8 Å². The standard InChI is InChI=1S/C29H46FN3O6/c1-8-18(2)26(32(4)5)24(38-6)16-25(34)33-17-21(30)15-23(33)27(39-7)19(3)28(35)31-22(29(36)37)14-20-12-10-9-11-13-20/h9-13,18-19,21-24,26-27H,8,14-17H2,1-7H3,(H,31,35)(H,36,37)/t18-,19+,21-,22-,23-,24?,26-,27+/m0/s1. The SMILES string of the molecule is CC[C@H](C)[C@@H](C(CC(=O)N1C[C@@H](F)C[C@H]1[C@H](OC)[C@@H](C)C(=O)N[C@@H](Cc1ccccc1)C(=O)O)OC)N(C)C. The summed E-state index contributed by atoms with van der Waals surface area (Å²) in [6.07, 6.45) is -1.32. The first-order valence-corrected chi connectivity index (χ1v) is 13.7. The summed E-state index contributed by atoms with van der Waals surface area (Å²) in [7, 11) is 6.90. The second-order valence-electron chi connectivity index (χ2n) is 10.8. The maximum absolute atomic E-state index is 14.7. The molecule has 0 aromatic heterocycles. The van der Waals surface area contributed by atoms with Crippen LogP contribution >= 0.6 is 0 Å². The zero-order valence-electron chi connectivity index (χ0n) is 24.3. The van der Waals surface area contributed by atoms with Crippen molar-refractivity contribution in [2.45, 2.75) is 83.0 Å². The van der Waals surface area contributed by atoms with Gasteiger partial charge in [-0.25, -0.2) is 9.18 Å². The molecule has 1 heterocycles. The van der Waals surface area contributed by atoms with Crippen molar-refractivity contribution in [2.24, 2.45) is 11.8 Å². The molecule has 0 saturated carbocycles. The smallest absolute Gasteiger partial charge is 0.326 e. The lowest BCUT2D eigenvalue weighted by Crippen LogP contribution is -2.53. The minimum absolute atomic E-state index is 0.00772. The van der Waals surface area contributed by atoms with Gasteiger partial charge in [0.25, 0.3) is 0 Å². The number of amides is 2. The lowest BCUT2D eigenvalue weighted by Gasteiger charge is -2.38. The molecule has 1 fully saturated rings. The first-order valence-electron chi connectivity index (χ1n) is 13.7. The number of likely N-dealkylation sites (N-methyl/N-ethyl adjacent to an activating group) is 1. The molecule has 0 spiro atoms. The van der Waals surface area contributed by atoms with Crippen LogP contribution in [-0.4, -0.2) is 104 Å². The summed E-state index contributed by atoms with van der Waals surface area (Å²) in [6.45, 7) is 5.73. The van der Waals surface area contributed by atoms with E-state index in [4.69, 9.17) is 9.47 Å². The minimum Gasteiger partial charge on any atom is -0.480 e. The summed E-state index contributed by atoms with van der Waals surface area (Å²) in [5.41, 5.74) is 0.773. The van der Waals surface area contributed by atoms with Crippen LogP contribution in [0.5, 0.6) is 0 Å². The number of nitrogens with one attached hydrogen (secondary N) is 1. The zero-order valence-corrected chi connectivity index (χ0v) is 24.3. The molecule has 10 heteroatoms. The van der Waals surface area contributed by atoms with Gasteiger partial charge in [0.15, 0.2) is 0 Å². The normalized spacial score (nSPS) is 22.1. The molecule has 0 radical (unpaired) electrons. The monoisotopic (exact) mass is 551 g/mol. The summed E-state index contributed by atoms with van der Waals surface area (Å²) in [5.74, 6) is -2.50.